The zero-order valence-corrected chi connectivity index (χ0v) is 17.4. The molecular formula is C25H20F4N2O2. The molecule has 0 fully saturated rings. The first-order valence-electron chi connectivity index (χ1n) is 10.4. The van der Waals surface area contributed by atoms with E-state index < -0.39 is 35.1 Å². The van der Waals surface area contributed by atoms with Crippen molar-refractivity contribution in [3.05, 3.63) is 94.3 Å². The highest BCUT2D eigenvalue weighted by Gasteiger charge is 2.34. The van der Waals surface area contributed by atoms with E-state index in [4.69, 9.17) is 0 Å². The van der Waals surface area contributed by atoms with Crippen molar-refractivity contribution in [2.75, 3.05) is 10.6 Å². The van der Waals surface area contributed by atoms with E-state index in [0.29, 0.717) is 0 Å². The Morgan fingerprint density at radius 3 is 2.30 bits per heavy atom. The van der Waals surface area contributed by atoms with Crippen LogP contribution in [0.5, 0.6) is 0 Å². The maximum Gasteiger partial charge on any atom is 0.418 e. The lowest BCUT2D eigenvalue weighted by atomic mass is 10.0. The summed E-state index contributed by atoms with van der Waals surface area (Å²) in [4.78, 5) is 24.7. The predicted octanol–water partition coefficient (Wildman–Crippen LogP) is 5.77. The van der Waals surface area contributed by atoms with Gasteiger partial charge in [-0.3, -0.25) is 9.59 Å². The van der Waals surface area contributed by atoms with Crippen LogP contribution in [0.15, 0.2) is 60.7 Å². The van der Waals surface area contributed by atoms with Crippen LogP contribution in [-0.4, -0.2) is 11.8 Å². The summed E-state index contributed by atoms with van der Waals surface area (Å²) in [6.45, 7) is 0. The molecule has 0 unspecified atom stereocenters. The van der Waals surface area contributed by atoms with Crippen LogP contribution in [0.4, 0.5) is 28.9 Å². The van der Waals surface area contributed by atoms with Gasteiger partial charge in [0.1, 0.15) is 5.82 Å². The van der Waals surface area contributed by atoms with Gasteiger partial charge in [0.25, 0.3) is 5.91 Å². The third-order valence-electron chi connectivity index (χ3n) is 5.49. The summed E-state index contributed by atoms with van der Waals surface area (Å²) in [6.07, 6.45) is -1.81. The molecule has 0 aromatic heterocycles. The molecule has 0 bridgehead atoms. The number of hydrogen-bond acceptors (Lipinski definition) is 2. The van der Waals surface area contributed by atoms with Gasteiger partial charge in [-0.25, -0.2) is 4.39 Å². The Balaban J connectivity index is 1.50. The fourth-order valence-electron chi connectivity index (χ4n) is 3.88. The molecule has 3 aromatic rings. The number of halogens is 4. The number of alkyl halides is 3. The maximum absolute atomic E-state index is 13.7. The van der Waals surface area contributed by atoms with Crippen molar-refractivity contribution in [2.45, 2.75) is 31.9 Å². The summed E-state index contributed by atoms with van der Waals surface area (Å²) in [5.74, 6) is -1.79. The van der Waals surface area contributed by atoms with Crippen LogP contribution in [-0.2, 0) is 30.2 Å². The highest BCUT2D eigenvalue weighted by atomic mass is 19.4. The van der Waals surface area contributed by atoms with Crippen molar-refractivity contribution in [1.29, 1.82) is 0 Å². The predicted molar refractivity (Wildman–Crippen MR) is 117 cm³/mol. The fourth-order valence-corrected chi connectivity index (χ4v) is 3.88. The minimum Gasteiger partial charge on any atom is -0.325 e. The number of rotatable bonds is 5. The lowest BCUT2D eigenvalue weighted by molar-refractivity contribution is -0.136. The molecule has 2 N–H and O–H groups in total. The number of benzene rings is 3. The van der Waals surface area contributed by atoms with Crippen LogP contribution in [0.25, 0.3) is 0 Å². The largest absolute Gasteiger partial charge is 0.418 e. The fraction of sp³-hybridized carbons (Fsp3) is 0.200. The second-order valence-corrected chi connectivity index (χ2v) is 7.90. The molecule has 33 heavy (non-hydrogen) atoms. The third kappa shape index (κ3) is 5.39. The standard InChI is InChI=1S/C25H20F4N2O2/c26-19-8-6-17(7-9-19)24(33)30-20-10-11-22(21(14-20)25(27,28)29)31-23(32)13-15-4-5-16-2-1-3-18(16)12-15/h4-12,14H,1-3,13H2,(H,30,33)(H,31,32). The molecule has 3 aromatic carbocycles. The van der Waals surface area contributed by atoms with Gasteiger partial charge in [-0.2, -0.15) is 13.2 Å². The van der Waals surface area contributed by atoms with E-state index >= 15 is 0 Å². The van der Waals surface area contributed by atoms with Crippen molar-refractivity contribution in [2.24, 2.45) is 0 Å². The van der Waals surface area contributed by atoms with Crippen molar-refractivity contribution in [3.8, 4) is 0 Å². The van der Waals surface area contributed by atoms with Gasteiger partial charge in [-0.05, 0) is 78.4 Å². The topological polar surface area (TPSA) is 58.2 Å². The molecule has 0 heterocycles. The molecule has 0 saturated carbocycles. The van der Waals surface area contributed by atoms with Crippen molar-refractivity contribution in [1.82, 2.24) is 0 Å². The van der Waals surface area contributed by atoms with Crippen molar-refractivity contribution in [3.63, 3.8) is 0 Å². The number of carbonyl (C=O) groups is 2. The van der Waals surface area contributed by atoms with Gasteiger partial charge in [0.15, 0.2) is 0 Å². The second kappa shape index (κ2) is 9.05. The minimum absolute atomic E-state index is 0.0480. The first-order valence-corrected chi connectivity index (χ1v) is 10.4. The zero-order valence-electron chi connectivity index (χ0n) is 17.4. The number of amides is 2. The second-order valence-electron chi connectivity index (χ2n) is 7.90. The Bertz CT molecular complexity index is 1200. The molecular weight excluding hydrogens is 436 g/mol. The van der Waals surface area contributed by atoms with E-state index in [1.54, 1.807) is 0 Å². The van der Waals surface area contributed by atoms with Gasteiger partial charge >= 0.3 is 6.18 Å². The van der Waals surface area contributed by atoms with Gasteiger partial charge in [-0.15, -0.1) is 0 Å². The van der Waals surface area contributed by atoms with E-state index in [0.717, 1.165) is 49.1 Å². The Morgan fingerprint density at radius 2 is 1.58 bits per heavy atom. The monoisotopic (exact) mass is 456 g/mol. The molecule has 0 spiro atoms. The summed E-state index contributed by atoms with van der Waals surface area (Å²) in [5, 5.41) is 4.70. The van der Waals surface area contributed by atoms with Crippen LogP contribution >= 0.6 is 0 Å². The van der Waals surface area contributed by atoms with E-state index in [1.807, 2.05) is 18.2 Å². The first-order chi connectivity index (χ1) is 15.7. The number of fused-ring (bicyclic) bond motifs is 1. The van der Waals surface area contributed by atoms with E-state index in [-0.39, 0.29) is 17.7 Å². The number of aryl methyl sites for hydroxylation is 2. The van der Waals surface area contributed by atoms with Crippen molar-refractivity contribution >= 4 is 23.2 Å². The molecule has 8 heteroatoms. The summed E-state index contributed by atoms with van der Waals surface area (Å²) >= 11 is 0. The molecule has 170 valence electrons. The van der Waals surface area contributed by atoms with Crippen LogP contribution < -0.4 is 10.6 Å². The molecule has 0 saturated heterocycles. The summed E-state index contributed by atoms with van der Waals surface area (Å²) in [5.41, 5.74) is 1.68. The maximum atomic E-state index is 13.7. The van der Waals surface area contributed by atoms with Crippen molar-refractivity contribution < 1.29 is 27.2 Å². The third-order valence-corrected chi connectivity index (χ3v) is 5.49. The summed E-state index contributed by atoms with van der Waals surface area (Å²) in [7, 11) is 0. The minimum atomic E-state index is -4.76. The average Bonchev–Trinajstić information content (AvgIpc) is 3.22. The highest BCUT2D eigenvalue weighted by molar-refractivity contribution is 6.04. The summed E-state index contributed by atoms with van der Waals surface area (Å²) < 4.78 is 54.0. The molecule has 2 amide bonds. The van der Waals surface area contributed by atoms with Crippen LogP contribution in [0.3, 0.4) is 0 Å². The van der Waals surface area contributed by atoms with Gasteiger partial charge in [0.2, 0.25) is 5.91 Å². The molecule has 4 nitrogen and oxygen atoms in total. The Labute approximate surface area is 187 Å². The molecule has 1 aliphatic rings. The van der Waals surface area contributed by atoms with E-state index in [1.165, 1.54) is 29.3 Å². The molecule has 0 atom stereocenters. The first kappa shape index (κ1) is 22.5. The lowest BCUT2D eigenvalue weighted by Crippen LogP contribution is -2.19. The Morgan fingerprint density at radius 1 is 0.848 bits per heavy atom. The van der Waals surface area contributed by atoms with Gasteiger partial charge in [0.05, 0.1) is 17.7 Å². The number of anilines is 2. The quantitative estimate of drug-likeness (QED) is 0.479. The summed E-state index contributed by atoms with van der Waals surface area (Å²) in [6, 6.07) is 13.4. The number of nitrogens with one attached hydrogen (secondary N) is 2. The van der Waals surface area contributed by atoms with E-state index in [2.05, 4.69) is 10.6 Å². The normalized spacial score (nSPS) is 12.8. The van der Waals surface area contributed by atoms with Gasteiger partial charge in [0, 0.05) is 11.3 Å². The average molecular weight is 456 g/mol. The Hall–Kier alpha value is -3.68. The number of carbonyl (C=O) groups excluding carboxylic acids is 2. The smallest absolute Gasteiger partial charge is 0.325 e. The van der Waals surface area contributed by atoms with Crippen LogP contribution in [0.2, 0.25) is 0 Å². The zero-order chi connectivity index (χ0) is 23.6. The molecule has 0 radical (unpaired) electrons. The van der Waals surface area contributed by atoms with E-state index in [9.17, 15) is 27.2 Å². The molecule has 4 rings (SSSR count). The molecule has 1 aliphatic carbocycles. The van der Waals surface area contributed by atoms with Gasteiger partial charge < -0.3 is 10.6 Å². The Kier molecular flexibility index (Phi) is 6.18. The number of hydrogen-bond donors (Lipinski definition) is 2. The van der Waals surface area contributed by atoms with Gasteiger partial charge in [-0.1, -0.05) is 18.2 Å². The van der Waals surface area contributed by atoms with Crippen LogP contribution in [0.1, 0.15) is 39.0 Å². The SMILES string of the molecule is O=C(Cc1ccc2c(c1)CCC2)Nc1ccc(NC(=O)c2ccc(F)cc2)cc1C(F)(F)F. The highest BCUT2D eigenvalue weighted by Crippen LogP contribution is 2.37. The lowest BCUT2D eigenvalue weighted by Gasteiger charge is -2.16. The molecule has 0 aliphatic heterocycles. The van der Waals surface area contributed by atoms with Crippen LogP contribution in [0, 0.1) is 5.82 Å².